The van der Waals surface area contributed by atoms with Crippen LogP contribution in [0.25, 0.3) is 17.1 Å². The fourth-order valence-electron chi connectivity index (χ4n) is 2.81. The Morgan fingerprint density at radius 2 is 1.87 bits per heavy atom. The quantitative estimate of drug-likeness (QED) is 0.228. The highest BCUT2D eigenvalue weighted by Gasteiger charge is 2.17. The topological polar surface area (TPSA) is 72.2 Å². The first-order chi connectivity index (χ1) is 15.1. The number of hydrazone groups is 1. The van der Waals surface area contributed by atoms with Gasteiger partial charge in [-0.3, -0.25) is 9.36 Å². The molecular weight excluding hydrogens is 450 g/mol. The van der Waals surface area contributed by atoms with Crippen molar-refractivity contribution < 1.29 is 4.79 Å². The third kappa shape index (κ3) is 5.22. The minimum Gasteiger partial charge on any atom is -0.272 e. The van der Waals surface area contributed by atoms with E-state index in [1.165, 1.54) is 11.8 Å². The lowest BCUT2D eigenvalue weighted by molar-refractivity contribution is -0.118. The molecule has 4 rings (SSSR count). The Kier molecular flexibility index (Phi) is 6.81. The summed E-state index contributed by atoms with van der Waals surface area (Å²) in [4.78, 5) is 13.4. The second kappa shape index (κ2) is 9.91. The molecule has 0 aliphatic heterocycles. The number of carbonyl (C=O) groups excluding carboxylic acids is 1. The van der Waals surface area contributed by atoms with E-state index in [0.29, 0.717) is 16.0 Å². The van der Waals surface area contributed by atoms with Gasteiger partial charge in [-0.05, 0) is 54.8 Å². The number of amides is 1. The van der Waals surface area contributed by atoms with E-state index >= 15 is 0 Å². The molecule has 0 saturated heterocycles. The number of benzene rings is 2. The molecular formula is C22H18ClN5OS2. The molecule has 1 amide bonds. The van der Waals surface area contributed by atoms with Crippen molar-refractivity contribution in [2.75, 3.05) is 5.75 Å². The molecule has 0 unspecified atom stereocenters. The number of hydrogen-bond donors (Lipinski definition) is 1. The third-order valence-corrected chi connectivity index (χ3v) is 6.47. The molecule has 4 aromatic rings. The summed E-state index contributed by atoms with van der Waals surface area (Å²) in [6.45, 7) is 1.86. The van der Waals surface area contributed by atoms with Crippen molar-refractivity contribution in [3.05, 3.63) is 82.0 Å². The molecule has 0 saturated carbocycles. The Bertz CT molecular complexity index is 1190. The average Bonchev–Trinajstić information content (AvgIpc) is 3.47. The highest BCUT2D eigenvalue weighted by atomic mass is 35.5. The minimum absolute atomic E-state index is 0.160. The summed E-state index contributed by atoms with van der Waals surface area (Å²) in [5.41, 5.74) is 5.17. The lowest BCUT2D eigenvalue weighted by Crippen LogP contribution is -2.21. The van der Waals surface area contributed by atoms with Crippen molar-refractivity contribution in [3.63, 3.8) is 0 Å². The summed E-state index contributed by atoms with van der Waals surface area (Å²) in [5.74, 6) is 0.626. The van der Waals surface area contributed by atoms with Crippen molar-refractivity contribution in [3.8, 4) is 17.1 Å². The maximum absolute atomic E-state index is 12.3. The number of para-hydroxylation sites is 1. The highest BCUT2D eigenvalue weighted by molar-refractivity contribution is 7.99. The Morgan fingerprint density at radius 1 is 1.10 bits per heavy atom. The predicted molar refractivity (Wildman–Crippen MR) is 127 cm³/mol. The van der Waals surface area contributed by atoms with Gasteiger partial charge in [0.1, 0.15) is 0 Å². The van der Waals surface area contributed by atoms with Gasteiger partial charge in [0.05, 0.1) is 11.5 Å². The Balaban J connectivity index is 1.53. The molecule has 1 N–H and O–H groups in total. The number of nitrogens with zero attached hydrogens (tertiary/aromatic N) is 4. The van der Waals surface area contributed by atoms with Crippen LogP contribution in [0.4, 0.5) is 0 Å². The average molecular weight is 468 g/mol. The molecule has 9 heteroatoms. The van der Waals surface area contributed by atoms with Gasteiger partial charge in [0, 0.05) is 21.2 Å². The second-order valence-electron chi connectivity index (χ2n) is 6.48. The van der Waals surface area contributed by atoms with Crippen LogP contribution >= 0.6 is 34.7 Å². The van der Waals surface area contributed by atoms with Crippen LogP contribution in [0.15, 0.2) is 82.4 Å². The minimum atomic E-state index is -0.212. The van der Waals surface area contributed by atoms with Crippen LogP contribution in [0.5, 0.6) is 0 Å². The van der Waals surface area contributed by atoms with Crippen LogP contribution in [0.2, 0.25) is 5.02 Å². The number of rotatable bonds is 7. The number of aromatic nitrogens is 3. The van der Waals surface area contributed by atoms with Crippen LogP contribution in [0, 0.1) is 0 Å². The van der Waals surface area contributed by atoms with E-state index in [1.807, 2.05) is 83.6 Å². The molecule has 0 fully saturated rings. The number of carbonyl (C=O) groups is 1. The molecule has 31 heavy (non-hydrogen) atoms. The maximum Gasteiger partial charge on any atom is 0.250 e. The van der Waals surface area contributed by atoms with E-state index in [2.05, 4.69) is 20.7 Å². The van der Waals surface area contributed by atoms with Crippen molar-refractivity contribution in [2.45, 2.75) is 12.1 Å². The lowest BCUT2D eigenvalue weighted by atomic mass is 10.2. The SMILES string of the molecule is CC(=NNC(=O)CSc1nnc(-c2ccc(Cl)cc2)n1-c1ccccc1)c1cccs1. The molecule has 0 spiro atoms. The van der Waals surface area contributed by atoms with Gasteiger partial charge in [-0.1, -0.05) is 47.6 Å². The maximum atomic E-state index is 12.3. The van der Waals surface area contributed by atoms with E-state index in [1.54, 1.807) is 11.3 Å². The van der Waals surface area contributed by atoms with E-state index in [4.69, 9.17) is 11.6 Å². The summed E-state index contributed by atoms with van der Waals surface area (Å²) >= 11 is 8.91. The summed E-state index contributed by atoms with van der Waals surface area (Å²) in [6.07, 6.45) is 0. The standard InChI is InChI=1S/C22H18ClN5OS2/c1-15(19-8-5-13-30-19)24-25-20(29)14-31-22-27-26-21(16-9-11-17(23)12-10-16)28(22)18-6-3-2-4-7-18/h2-13H,14H2,1H3,(H,25,29). The van der Waals surface area contributed by atoms with Crippen LogP contribution in [0.1, 0.15) is 11.8 Å². The number of nitrogens with one attached hydrogen (secondary N) is 1. The molecule has 6 nitrogen and oxygen atoms in total. The van der Waals surface area contributed by atoms with Gasteiger partial charge in [0.25, 0.3) is 5.91 Å². The second-order valence-corrected chi connectivity index (χ2v) is 8.81. The zero-order valence-electron chi connectivity index (χ0n) is 16.5. The highest BCUT2D eigenvalue weighted by Crippen LogP contribution is 2.28. The van der Waals surface area contributed by atoms with Crippen molar-refractivity contribution >= 4 is 46.3 Å². The Hall–Kier alpha value is -2.94. The van der Waals surface area contributed by atoms with Crippen molar-refractivity contribution in [1.29, 1.82) is 0 Å². The van der Waals surface area contributed by atoms with Gasteiger partial charge in [0.15, 0.2) is 11.0 Å². The largest absolute Gasteiger partial charge is 0.272 e. The monoisotopic (exact) mass is 467 g/mol. The van der Waals surface area contributed by atoms with Gasteiger partial charge >= 0.3 is 0 Å². The van der Waals surface area contributed by atoms with E-state index in [0.717, 1.165) is 21.8 Å². The molecule has 0 atom stereocenters. The molecule has 156 valence electrons. The Labute approximate surface area is 193 Å². The van der Waals surface area contributed by atoms with E-state index in [-0.39, 0.29) is 11.7 Å². The van der Waals surface area contributed by atoms with Gasteiger partial charge in [0.2, 0.25) is 0 Å². The third-order valence-electron chi connectivity index (χ3n) is 4.31. The Morgan fingerprint density at radius 3 is 2.58 bits per heavy atom. The number of thiophene rings is 1. The van der Waals surface area contributed by atoms with Gasteiger partial charge < -0.3 is 0 Å². The summed E-state index contributed by atoms with van der Waals surface area (Å²) in [5, 5.41) is 16.1. The normalized spacial score (nSPS) is 11.5. The molecule has 2 aromatic carbocycles. The molecule has 2 aromatic heterocycles. The van der Waals surface area contributed by atoms with Crippen LogP contribution in [-0.4, -0.2) is 32.1 Å². The molecule has 0 aliphatic carbocycles. The summed E-state index contributed by atoms with van der Waals surface area (Å²) in [6, 6.07) is 21.1. The fourth-order valence-corrected chi connectivity index (χ4v) is 4.35. The van der Waals surface area contributed by atoms with E-state index < -0.39 is 0 Å². The van der Waals surface area contributed by atoms with E-state index in [9.17, 15) is 4.79 Å². The fraction of sp³-hybridized carbons (Fsp3) is 0.0909. The molecule has 2 heterocycles. The smallest absolute Gasteiger partial charge is 0.250 e. The molecule has 0 radical (unpaired) electrons. The molecule has 0 bridgehead atoms. The van der Waals surface area contributed by atoms with Gasteiger partial charge in [-0.2, -0.15) is 5.10 Å². The summed E-state index contributed by atoms with van der Waals surface area (Å²) < 4.78 is 1.93. The van der Waals surface area contributed by atoms with Crippen molar-refractivity contribution in [2.24, 2.45) is 5.10 Å². The first-order valence-electron chi connectivity index (χ1n) is 9.38. The van der Waals surface area contributed by atoms with Gasteiger partial charge in [-0.15, -0.1) is 21.5 Å². The number of hydrogen-bond acceptors (Lipinski definition) is 6. The first-order valence-corrected chi connectivity index (χ1v) is 11.6. The summed E-state index contributed by atoms with van der Waals surface area (Å²) in [7, 11) is 0. The lowest BCUT2D eigenvalue weighted by Gasteiger charge is -2.10. The first kappa shape index (κ1) is 21.3. The van der Waals surface area contributed by atoms with Crippen LogP contribution in [0.3, 0.4) is 0 Å². The van der Waals surface area contributed by atoms with Crippen LogP contribution in [-0.2, 0) is 4.79 Å². The number of halogens is 1. The zero-order chi connectivity index (χ0) is 21.6. The molecule has 0 aliphatic rings. The van der Waals surface area contributed by atoms with Gasteiger partial charge in [-0.25, -0.2) is 5.43 Å². The van der Waals surface area contributed by atoms with Crippen LogP contribution < -0.4 is 5.43 Å². The predicted octanol–water partition coefficient (Wildman–Crippen LogP) is 5.28. The zero-order valence-corrected chi connectivity index (χ0v) is 18.9. The van der Waals surface area contributed by atoms with Crippen molar-refractivity contribution in [1.82, 2.24) is 20.2 Å². The number of thioether (sulfide) groups is 1.